The van der Waals surface area contributed by atoms with E-state index in [1.54, 1.807) is 16.0 Å². The second-order valence-electron chi connectivity index (χ2n) is 7.29. The summed E-state index contributed by atoms with van der Waals surface area (Å²) < 4.78 is 2.93. The monoisotopic (exact) mass is 383 g/mol. The van der Waals surface area contributed by atoms with Crippen LogP contribution in [0.3, 0.4) is 0 Å². The number of rotatable bonds is 4. The average Bonchev–Trinajstić information content (AvgIpc) is 3.24. The molecular weight excluding hydrogens is 358 g/mol. The van der Waals surface area contributed by atoms with Gasteiger partial charge in [0.2, 0.25) is 0 Å². The first kappa shape index (κ1) is 18.0. The summed E-state index contributed by atoms with van der Waals surface area (Å²) in [6.45, 7) is 2.59. The van der Waals surface area contributed by atoms with E-state index in [0.29, 0.717) is 6.54 Å². The van der Waals surface area contributed by atoms with Crippen molar-refractivity contribution in [1.29, 1.82) is 0 Å². The summed E-state index contributed by atoms with van der Waals surface area (Å²) in [6.07, 6.45) is 9.59. The maximum atomic E-state index is 13.1. The fraction of sp³-hybridized carbons (Fsp3) is 0.450. The molecule has 0 atom stereocenters. The number of carbonyl (C=O) groups is 1. The highest BCUT2D eigenvalue weighted by Gasteiger charge is 2.26. The lowest BCUT2D eigenvalue weighted by Crippen LogP contribution is -2.43. The van der Waals surface area contributed by atoms with Crippen LogP contribution in [-0.4, -0.2) is 31.7 Å². The Balaban J connectivity index is 1.54. The molecule has 1 aliphatic rings. The lowest BCUT2D eigenvalue weighted by atomic mass is 9.94. The molecule has 1 aromatic carbocycles. The van der Waals surface area contributed by atoms with E-state index in [9.17, 15) is 4.79 Å². The van der Waals surface area contributed by atoms with Crippen molar-refractivity contribution in [2.45, 2.75) is 51.6 Å². The van der Waals surface area contributed by atoms with Crippen LogP contribution in [0.4, 0.5) is 10.5 Å². The van der Waals surface area contributed by atoms with Crippen molar-refractivity contribution in [2.75, 3.05) is 5.32 Å². The lowest BCUT2D eigenvalue weighted by molar-refractivity contribution is 0.163. The second-order valence-corrected chi connectivity index (χ2v) is 8.52. The van der Waals surface area contributed by atoms with Crippen LogP contribution in [0.5, 0.6) is 0 Å². The molecule has 27 heavy (non-hydrogen) atoms. The number of aryl methyl sites for hydroxylation is 2. The van der Waals surface area contributed by atoms with Gasteiger partial charge in [0, 0.05) is 30.5 Å². The number of fused-ring (bicyclic) bond motifs is 1. The molecule has 0 unspecified atom stereocenters. The Morgan fingerprint density at radius 1 is 1.33 bits per heavy atom. The van der Waals surface area contributed by atoms with Crippen LogP contribution >= 0.6 is 11.3 Å². The summed E-state index contributed by atoms with van der Waals surface area (Å²) in [5.41, 5.74) is 2.79. The molecule has 6 nitrogen and oxygen atoms in total. The van der Waals surface area contributed by atoms with Crippen LogP contribution in [0.25, 0.3) is 10.2 Å². The van der Waals surface area contributed by atoms with E-state index in [-0.39, 0.29) is 12.1 Å². The molecule has 4 rings (SSSR count). The molecule has 1 aliphatic carbocycles. The SMILES string of the molecule is Cc1nc2cc(NC(=O)N(Cc3cnn(C)c3)C3CCCCC3)ccc2s1. The van der Waals surface area contributed by atoms with E-state index in [0.717, 1.165) is 39.3 Å². The second kappa shape index (κ2) is 7.68. The van der Waals surface area contributed by atoms with E-state index < -0.39 is 0 Å². The fourth-order valence-electron chi connectivity index (χ4n) is 3.83. The smallest absolute Gasteiger partial charge is 0.317 e. The number of aromatic nitrogens is 3. The number of urea groups is 1. The zero-order chi connectivity index (χ0) is 18.8. The Morgan fingerprint density at radius 2 is 2.15 bits per heavy atom. The summed E-state index contributed by atoms with van der Waals surface area (Å²) in [5, 5.41) is 8.37. The highest BCUT2D eigenvalue weighted by atomic mass is 32.1. The summed E-state index contributed by atoms with van der Waals surface area (Å²) in [7, 11) is 1.90. The molecule has 0 spiro atoms. The largest absolute Gasteiger partial charge is 0.322 e. The van der Waals surface area contributed by atoms with Gasteiger partial charge in [-0.25, -0.2) is 9.78 Å². The minimum atomic E-state index is -0.0444. The van der Waals surface area contributed by atoms with E-state index in [1.165, 1.54) is 19.3 Å². The van der Waals surface area contributed by atoms with Crippen LogP contribution in [0.2, 0.25) is 0 Å². The van der Waals surface area contributed by atoms with Crippen LogP contribution in [0.1, 0.15) is 42.7 Å². The molecule has 1 fully saturated rings. The number of thiazole rings is 1. The predicted octanol–water partition coefficient (Wildman–Crippen LogP) is 4.71. The molecule has 7 heteroatoms. The van der Waals surface area contributed by atoms with Crippen LogP contribution < -0.4 is 5.32 Å². The van der Waals surface area contributed by atoms with Crippen molar-refractivity contribution in [3.8, 4) is 0 Å². The quantitative estimate of drug-likeness (QED) is 0.710. The molecule has 0 aliphatic heterocycles. The van der Waals surface area contributed by atoms with Crippen molar-refractivity contribution >= 4 is 33.3 Å². The Labute approximate surface area is 163 Å². The van der Waals surface area contributed by atoms with Crippen molar-refractivity contribution < 1.29 is 4.79 Å². The lowest BCUT2D eigenvalue weighted by Gasteiger charge is -2.34. The Hall–Kier alpha value is -2.41. The normalized spacial score (nSPS) is 15.2. The maximum absolute atomic E-state index is 13.1. The molecule has 1 N–H and O–H groups in total. The number of hydrogen-bond donors (Lipinski definition) is 1. The Kier molecular flexibility index (Phi) is 5.11. The predicted molar refractivity (Wildman–Crippen MR) is 109 cm³/mol. The number of anilines is 1. The first-order valence-corrected chi connectivity index (χ1v) is 10.3. The molecule has 2 aromatic heterocycles. The average molecular weight is 384 g/mol. The van der Waals surface area contributed by atoms with Crippen LogP contribution in [0, 0.1) is 6.92 Å². The summed E-state index contributed by atoms with van der Waals surface area (Å²) in [4.78, 5) is 19.6. The topological polar surface area (TPSA) is 63.1 Å². The number of carbonyl (C=O) groups excluding carboxylic acids is 1. The van der Waals surface area contributed by atoms with Gasteiger partial charge in [-0.2, -0.15) is 5.10 Å². The van der Waals surface area contributed by atoms with Gasteiger partial charge in [0.05, 0.1) is 28.0 Å². The van der Waals surface area contributed by atoms with Gasteiger partial charge in [-0.15, -0.1) is 11.3 Å². The van der Waals surface area contributed by atoms with E-state index in [1.807, 2.05) is 49.5 Å². The number of hydrogen-bond acceptors (Lipinski definition) is 4. The van der Waals surface area contributed by atoms with Gasteiger partial charge in [0.25, 0.3) is 0 Å². The number of nitrogens with zero attached hydrogens (tertiary/aromatic N) is 4. The van der Waals surface area contributed by atoms with Gasteiger partial charge >= 0.3 is 6.03 Å². The van der Waals surface area contributed by atoms with E-state index in [2.05, 4.69) is 15.4 Å². The first-order valence-electron chi connectivity index (χ1n) is 9.51. The third kappa shape index (κ3) is 4.13. The van der Waals surface area contributed by atoms with Gasteiger partial charge < -0.3 is 10.2 Å². The minimum absolute atomic E-state index is 0.0444. The van der Waals surface area contributed by atoms with Crippen molar-refractivity contribution in [1.82, 2.24) is 19.7 Å². The van der Waals surface area contributed by atoms with Gasteiger partial charge in [-0.3, -0.25) is 4.68 Å². The Morgan fingerprint density at radius 3 is 2.89 bits per heavy atom. The van der Waals surface area contributed by atoms with Crippen LogP contribution in [-0.2, 0) is 13.6 Å². The number of amides is 2. The van der Waals surface area contributed by atoms with Gasteiger partial charge in [0.15, 0.2) is 0 Å². The highest BCUT2D eigenvalue weighted by Crippen LogP contribution is 2.27. The summed E-state index contributed by atoms with van der Waals surface area (Å²) in [6, 6.07) is 6.18. The van der Waals surface area contributed by atoms with Crippen molar-refractivity contribution in [3.63, 3.8) is 0 Å². The number of benzene rings is 1. The zero-order valence-electron chi connectivity index (χ0n) is 15.8. The maximum Gasteiger partial charge on any atom is 0.322 e. The van der Waals surface area contributed by atoms with Crippen LogP contribution in [0.15, 0.2) is 30.6 Å². The third-order valence-electron chi connectivity index (χ3n) is 5.13. The molecule has 2 heterocycles. The zero-order valence-corrected chi connectivity index (χ0v) is 16.6. The van der Waals surface area contributed by atoms with E-state index >= 15 is 0 Å². The van der Waals surface area contributed by atoms with Crippen molar-refractivity contribution in [2.24, 2.45) is 7.05 Å². The van der Waals surface area contributed by atoms with Gasteiger partial charge in [-0.1, -0.05) is 19.3 Å². The fourth-order valence-corrected chi connectivity index (χ4v) is 4.63. The van der Waals surface area contributed by atoms with Gasteiger partial charge in [-0.05, 0) is 38.0 Å². The molecule has 0 bridgehead atoms. The Bertz CT molecular complexity index is 941. The standard InChI is InChI=1S/C20H25N5OS/c1-14-22-18-10-16(8-9-19(18)27-14)23-20(26)25(17-6-4-3-5-7-17)13-15-11-21-24(2)12-15/h8-12,17H,3-7,13H2,1-2H3,(H,23,26). The molecule has 2 amide bonds. The third-order valence-corrected chi connectivity index (χ3v) is 6.09. The summed E-state index contributed by atoms with van der Waals surface area (Å²) in [5.74, 6) is 0. The molecule has 1 saturated carbocycles. The molecule has 0 radical (unpaired) electrons. The number of nitrogens with one attached hydrogen (secondary N) is 1. The summed E-state index contributed by atoms with van der Waals surface area (Å²) >= 11 is 1.67. The highest BCUT2D eigenvalue weighted by molar-refractivity contribution is 7.18. The molecule has 142 valence electrons. The molecule has 3 aromatic rings. The first-order chi connectivity index (χ1) is 13.1. The minimum Gasteiger partial charge on any atom is -0.317 e. The van der Waals surface area contributed by atoms with Gasteiger partial charge in [0.1, 0.15) is 0 Å². The van der Waals surface area contributed by atoms with Crippen molar-refractivity contribution in [3.05, 3.63) is 41.2 Å². The van der Waals surface area contributed by atoms with E-state index in [4.69, 9.17) is 0 Å². The molecular formula is C20H25N5OS. The molecule has 0 saturated heterocycles.